The molecule has 0 heterocycles. The first kappa shape index (κ1) is 14.0. The molecular weight excluding hydrogens is 232 g/mol. The second kappa shape index (κ2) is 6.05. The third-order valence-corrected chi connectivity index (χ3v) is 2.67. The number of hydrogen-bond acceptors (Lipinski definition) is 2. The Morgan fingerprint density at radius 3 is 2.17 bits per heavy atom. The minimum atomic E-state index is -1.06. The monoisotopic (exact) mass is 250 g/mol. The van der Waals surface area contributed by atoms with E-state index in [0.717, 1.165) is 16.7 Å². The van der Waals surface area contributed by atoms with Crippen LogP contribution in [0.5, 0.6) is 0 Å². The topological polar surface area (TPSA) is 78.4 Å². The van der Waals surface area contributed by atoms with Gasteiger partial charge in [0.25, 0.3) is 0 Å². The SMILES string of the molecule is Cc1cc(C)c(CNC(=O)NCC(=O)O)c(C)c1. The lowest BCUT2D eigenvalue weighted by Gasteiger charge is -2.12. The van der Waals surface area contributed by atoms with Crippen molar-refractivity contribution in [2.75, 3.05) is 6.54 Å². The molecule has 0 radical (unpaired) electrons. The van der Waals surface area contributed by atoms with E-state index in [1.165, 1.54) is 5.56 Å². The Hall–Kier alpha value is -2.04. The van der Waals surface area contributed by atoms with Crippen LogP contribution in [0.2, 0.25) is 0 Å². The Morgan fingerprint density at radius 1 is 1.11 bits per heavy atom. The van der Waals surface area contributed by atoms with Crippen molar-refractivity contribution in [2.45, 2.75) is 27.3 Å². The van der Waals surface area contributed by atoms with E-state index in [0.29, 0.717) is 6.54 Å². The second-order valence-corrected chi connectivity index (χ2v) is 4.31. The van der Waals surface area contributed by atoms with Crippen molar-refractivity contribution >= 4 is 12.0 Å². The number of urea groups is 1. The molecular formula is C13H18N2O3. The van der Waals surface area contributed by atoms with E-state index in [-0.39, 0.29) is 6.54 Å². The van der Waals surface area contributed by atoms with Gasteiger partial charge in [0.15, 0.2) is 0 Å². The molecule has 1 aromatic rings. The summed E-state index contributed by atoms with van der Waals surface area (Å²) in [5.74, 6) is -1.06. The lowest BCUT2D eigenvalue weighted by atomic mass is 10.00. The zero-order valence-electron chi connectivity index (χ0n) is 10.8. The summed E-state index contributed by atoms with van der Waals surface area (Å²) in [4.78, 5) is 21.6. The first-order chi connectivity index (χ1) is 8.40. The second-order valence-electron chi connectivity index (χ2n) is 4.31. The molecule has 0 aliphatic heterocycles. The van der Waals surface area contributed by atoms with Gasteiger partial charge in [-0.25, -0.2) is 4.79 Å². The minimum absolute atomic E-state index is 0.377. The normalized spacial score (nSPS) is 9.94. The fourth-order valence-corrected chi connectivity index (χ4v) is 1.88. The number of carbonyl (C=O) groups excluding carboxylic acids is 1. The number of nitrogens with one attached hydrogen (secondary N) is 2. The number of benzene rings is 1. The molecule has 0 aliphatic carbocycles. The zero-order valence-corrected chi connectivity index (χ0v) is 10.8. The summed E-state index contributed by atoms with van der Waals surface area (Å²) in [6.45, 7) is 6.02. The van der Waals surface area contributed by atoms with E-state index in [4.69, 9.17) is 5.11 Å². The summed E-state index contributed by atoms with van der Waals surface area (Å²) >= 11 is 0. The molecule has 3 N–H and O–H groups in total. The quantitative estimate of drug-likeness (QED) is 0.757. The maximum Gasteiger partial charge on any atom is 0.323 e. The number of rotatable bonds is 4. The zero-order chi connectivity index (χ0) is 13.7. The third-order valence-electron chi connectivity index (χ3n) is 2.67. The molecule has 0 aliphatic rings. The molecule has 18 heavy (non-hydrogen) atoms. The number of amides is 2. The summed E-state index contributed by atoms with van der Waals surface area (Å²) in [6.07, 6.45) is 0. The molecule has 5 heteroatoms. The molecule has 0 saturated heterocycles. The number of aliphatic carboxylic acids is 1. The van der Waals surface area contributed by atoms with Crippen LogP contribution in [0.25, 0.3) is 0 Å². The van der Waals surface area contributed by atoms with Gasteiger partial charge in [-0.15, -0.1) is 0 Å². The van der Waals surface area contributed by atoms with Gasteiger partial charge in [0.1, 0.15) is 6.54 Å². The van der Waals surface area contributed by atoms with E-state index < -0.39 is 12.0 Å². The summed E-state index contributed by atoms with van der Waals surface area (Å²) in [6, 6.07) is 3.63. The van der Waals surface area contributed by atoms with Gasteiger partial charge < -0.3 is 15.7 Å². The first-order valence-corrected chi connectivity index (χ1v) is 5.70. The smallest absolute Gasteiger partial charge is 0.323 e. The molecule has 0 saturated carbocycles. The Morgan fingerprint density at radius 2 is 1.67 bits per heavy atom. The third kappa shape index (κ3) is 4.08. The van der Waals surface area contributed by atoms with Crippen LogP contribution in [0, 0.1) is 20.8 Å². The van der Waals surface area contributed by atoms with Crippen LogP contribution in [0.3, 0.4) is 0 Å². The molecule has 0 unspecified atom stereocenters. The van der Waals surface area contributed by atoms with Crippen LogP contribution in [-0.4, -0.2) is 23.7 Å². The van der Waals surface area contributed by atoms with E-state index in [1.54, 1.807) is 0 Å². The van der Waals surface area contributed by atoms with Crippen LogP contribution in [-0.2, 0) is 11.3 Å². The fourth-order valence-electron chi connectivity index (χ4n) is 1.88. The molecule has 0 atom stereocenters. The fraction of sp³-hybridized carbons (Fsp3) is 0.385. The molecule has 1 aromatic carbocycles. The molecule has 5 nitrogen and oxygen atoms in total. The van der Waals surface area contributed by atoms with Crippen LogP contribution >= 0.6 is 0 Å². The van der Waals surface area contributed by atoms with Gasteiger partial charge in [0.05, 0.1) is 0 Å². The van der Waals surface area contributed by atoms with Gasteiger partial charge in [0.2, 0.25) is 0 Å². The standard InChI is InChI=1S/C13H18N2O3/c1-8-4-9(2)11(10(3)5-8)6-14-13(18)15-7-12(16)17/h4-5H,6-7H2,1-3H3,(H,16,17)(H2,14,15,18). The average molecular weight is 250 g/mol. The van der Waals surface area contributed by atoms with E-state index >= 15 is 0 Å². The van der Waals surface area contributed by atoms with Crippen LogP contribution in [0.15, 0.2) is 12.1 Å². The summed E-state index contributed by atoms with van der Waals surface area (Å²) in [5, 5.41) is 13.3. The summed E-state index contributed by atoms with van der Waals surface area (Å²) < 4.78 is 0. The van der Waals surface area contributed by atoms with Crippen molar-refractivity contribution in [3.05, 3.63) is 34.4 Å². The van der Waals surface area contributed by atoms with Crippen molar-refractivity contribution in [3.63, 3.8) is 0 Å². The van der Waals surface area contributed by atoms with E-state index in [9.17, 15) is 9.59 Å². The maximum absolute atomic E-state index is 11.3. The summed E-state index contributed by atoms with van der Waals surface area (Å²) in [7, 11) is 0. The van der Waals surface area contributed by atoms with Gasteiger partial charge in [-0.3, -0.25) is 4.79 Å². The molecule has 2 amide bonds. The highest BCUT2D eigenvalue weighted by Gasteiger charge is 2.07. The Balaban J connectivity index is 2.58. The predicted octanol–water partition coefficient (Wildman–Crippen LogP) is 1.50. The maximum atomic E-state index is 11.3. The van der Waals surface area contributed by atoms with Crippen LogP contribution < -0.4 is 10.6 Å². The largest absolute Gasteiger partial charge is 0.480 e. The highest BCUT2D eigenvalue weighted by molar-refractivity contribution is 5.79. The van der Waals surface area contributed by atoms with Crippen molar-refractivity contribution in [2.24, 2.45) is 0 Å². The van der Waals surface area contributed by atoms with E-state index in [1.807, 2.05) is 20.8 Å². The van der Waals surface area contributed by atoms with Crippen LogP contribution in [0.1, 0.15) is 22.3 Å². The lowest BCUT2D eigenvalue weighted by molar-refractivity contribution is -0.135. The molecule has 0 bridgehead atoms. The van der Waals surface area contributed by atoms with Gasteiger partial charge >= 0.3 is 12.0 Å². The number of carboxylic acid groups (broad SMARTS) is 1. The van der Waals surface area contributed by atoms with Gasteiger partial charge in [0, 0.05) is 6.54 Å². The Bertz CT molecular complexity index is 446. The van der Waals surface area contributed by atoms with Crippen molar-refractivity contribution < 1.29 is 14.7 Å². The lowest BCUT2D eigenvalue weighted by Crippen LogP contribution is -2.38. The number of carboxylic acids is 1. The number of aryl methyl sites for hydroxylation is 3. The van der Waals surface area contributed by atoms with Crippen LogP contribution in [0.4, 0.5) is 4.79 Å². The molecule has 0 fully saturated rings. The molecule has 1 rings (SSSR count). The summed E-state index contributed by atoms with van der Waals surface area (Å²) in [5.41, 5.74) is 4.48. The molecule has 98 valence electrons. The molecule has 0 spiro atoms. The Labute approximate surface area is 106 Å². The highest BCUT2D eigenvalue weighted by Crippen LogP contribution is 2.15. The number of carbonyl (C=O) groups is 2. The van der Waals surface area contributed by atoms with Gasteiger partial charge in [-0.2, -0.15) is 0 Å². The molecule has 0 aromatic heterocycles. The van der Waals surface area contributed by atoms with Crippen molar-refractivity contribution in [3.8, 4) is 0 Å². The highest BCUT2D eigenvalue weighted by atomic mass is 16.4. The van der Waals surface area contributed by atoms with Crippen molar-refractivity contribution in [1.82, 2.24) is 10.6 Å². The van der Waals surface area contributed by atoms with Crippen molar-refractivity contribution in [1.29, 1.82) is 0 Å². The minimum Gasteiger partial charge on any atom is -0.480 e. The predicted molar refractivity (Wildman–Crippen MR) is 68.5 cm³/mol. The average Bonchev–Trinajstić information content (AvgIpc) is 2.24. The first-order valence-electron chi connectivity index (χ1n) is 5.70. The van der Waals surface area contributed by atoms with Gasteiger partial charge in [-0.1, -0.05) is 17.7 Å². The van der Waals surface area contributed by atoms with E-state index in [2.05, 4.69) is 22.8 Å². The van der Waals surface area contributed by atoms with Gasteiger partial charge in [-0.05, 0) is 37.5 Å². The number of hydrogen-bond donors (Lipinski definition) is 3. The Kier molecular flexibility index (Phi) is 4.71.